The predicted molar refractivity (Wildman–Crippen MR) is 139 cm³/mol. The summed E-state index contributed by atoms with van der Waals surface area (Å²) in [6, 6.07) is 16.1. The van der Waals surface area contributed by atoms with E-state index < -0.39 is 10.8 Å². The monoisotopic (exact) mass is 486 g/mol. The smallest absolute Gasteiger partial charge is 0.162 e. The summed E-state index contributed by atoms with van der Waals surface area (Å²) in [5, 5.41) is 4.53. The number of rotatable bonds is 7. The molecule has 1 saturated heterocycles. The Kier molecular flexibility index (Phi) is 5.90. The van der Waals surface area contributed by atoms with Crippen LogP contribution in [0.4, 0.5) is 0 Å². The number of hydrogen-bond donors (Lipinski definition) is 0. The van der Waals surface area contributed by atoms with E-state index in [-0.39, 0.29) is 5.60 Å². The van der Waals surface area contributed by atoms with Crippen molar-refractivity contribution in [3.8, 4) is 28.0 Å². The lowest BCUT2D eigenvalue weighted by Gasteiger charge is -2.30. The zero-order valence-corrected chi connectivity index (χ0v) is 20.8. The molecule has 2 fully saturated rings. The summed E-state index contributed by atoms with van der Waals surface area (Å²) in [6.45, 7) is 3.46. The highest BCUT2D eigenvalue weighted by Crippen LogP contribution is 2.41. The first-order chi connectivity index (χ1) is 17.1. The molecule has 0 amide bonds. The minimum atomic E-state index is -1.03. The second-order valence-electron chi connectivity index (χ2n) is 9.80. The van der Waals surface area contributed by atoms with Crippen LogP contribution in [0.1, 0.15) is 32.1 Å². The van der Waals surface area contributed by atoms with Gasteiger partial charge in [0.05, 0.1) is 6.20 Å². The van der Waals surface area contributed by atoms with E-state index in [1.807, 2.05) is 47.4 Å². The number of likely N-dealkylation sites (tertiary alicyclic amines) is 1. The topological polar surface area (TPSA) is 59.7 Å². The van der Waals surface area contributed by atoms with Crippen molar-refractivity contribution in [3.05, 3.63) is 67.1 Å². The van der Waals surface area contributed by atoms with Gasteiger partial charge in [-0.15, -0.1) is 0 Å². The number of benzene rings is 2. The summed E-state index contributed by atoms with van der Waals surface area (Å²) in [5.41, 5.74) is 4.75. The first-order valence-electron chi connectivity index (χ1n) is 12.4. The van der Waals surface area contributed by atoms with Gasteiger partial charge in [-0.25, -0.2) is 9.50 Å². The molecule has 1 saturated carbocycles. The first-order valence-corrected chi connectivity index (χ1v) is 13.9. The fourth-order valence-electron chi connectivity index (χ4n) is 4.99. The lowest BCUT2D eigenvalue weighted by molar-refractivity contribution is 0.101. The van der Waals surface area contributed by atoms with Gasteiger partial charge in [-0.3, -0.25) is 9.11 Å². The number of hydrogen-bond acceptors (Lipinski definition) is 5. The number of fused-ring (bicyclic) bond motifs is 1. The van der Waals surface area contributed by atoms with Gasteiger partial charge in [0.2, 0.25) is 0 Å². The zero-order valence-electron chi connectivity index (χ0n) is 20.0. The van der Waals surface area contributed by atoms with Crippen LogP contribution in [-0.2, 0) is 10.8 Å². The molecule has 2 aromatic heterocycles. The van der Waals surface area contributed by atoms with Crippen LogP contribution in [0, 0.1) is 0 Å². The minimum Gasteiger partial charge on any atom is -0.486 e. The molecule has 2 aliphatic rings. The van der Waals surface area contributed by atoms with Crippen molar-refractivity contribution in [2.75, 3.05) is 25.9 Å². The Balaban J connectivity index is 1.19. The van der Waals surface area contributed by atoms with Gasteiger partial charge in [-0.1, -0.05) is 30.7 Å². The summed E-state index contributed by atoms with van der Waals surface area (Å²) in [6.07, 6.45) is 13.7. The zero-order chi connectivity index (χ0) is 23.8. The number of piperidine rings is 1. The van der Waals surface area contributed by atoms with E-state index >= 15 is 0 Å². The van der Waals surface area contributed by atoms with Crippen LogP contribution in [0.15, 0.2) is 72.0 Å². The largest absolute Gasteiger partial charge is 0.486 e. The highest BCUT2D eigenvalue weighted by molar-refractivity contribution is 7.84. The molecular formula is C28H30N4O2S. The molecule has 0 spiro atoms. The lowest BCUT2D eigenvalue weighted by atomic mass is 10.1. The summed E-state index contributed by atoms with van der Waals surface area (Å²) in [7, 11) is -1.03. The molecule has 3 heterocycles. The molecule has 0 N–H and O–H groups in total. The van der Waals surface area contributed by atoms with Crippen molar-refractivity contribution in [2.24, 2.45) is 0 Å². The van der Waals surface area contributed by atoms with Gasteiger partial charge in [0.15, 0.2) is 5.65 Å². The van der Waals surface area contributed by atoms with Crippen molar-refractivity contribution >= 4 is 16.4 Å². The summed E-state index contributed by atoms with van der Waals surface area (Å²) in [4.78, 5) is 8.08. The molecule has 1 aliphatic heterocycles. The van der Waals surface area contributed by atoms with Crippen molar-refractivity contribution < 1.29 is 8.95 Å². The molecule has 6 rings (SSSR count). The molecular weight excluding hydrogens is 456 g/mol. The average Bonchev–Trinajstić information content (AvgIpc) is 3.50. The first kappa shape index (κ1) is 22.4. The van der Waals surface area contributed by atoms with Gasteiger partial charge in [0.1, 0.15) is 11.4 Å². The van der Waals surface area contributed by atoms with Crippen LogP contribution < -0.4 is 4.74 Å². The molecule has 1 unspecified atom stereocenters. The van der Waals surface area contributed by atoms with Gasteiger partial charge in [0.25, 0.3) is 0 Å². The molecule has 1 atom stereocenters. The summed E-state index contributed by atoms with van der Waals surface area (Å²) >= 11 is 0. The summed E-state index contributed by atoms with van der Waals surface area (Å²) in [5.74, 6) is 0.937. The van der Waals surface area contributed by atoms with Gasteiger partial charge in [-0.05, 0) is 74.2 Å². The molecule has 6 nitrogen and oxygen atoms in total. The Morgan fingerprint density at radius 3 is 2.51 bits per heavy atom. The Bertz CT molecular complexity index is 1370. The van der Waals surface area contributed by atoms with Crippen LogP contribution in [0.25, 0.3) is 27.9 Å². The van der Waals surface area contributed by atoms with Crippen molar-refractivity contribution in [3.63, 3.8) is 0 Å². The molecule has 1 aliphatic carbocycles. The second kappa shape index (κ2) is 9.21. The number of ether oxygens (including phenoxy) is 1. The minimum absolute atomic E-state index is 0.00642. The van der Waals surface area contributed by atoms with Crippen molar-refractivity contribution in [2.45, 2.75) is 42.6 Å². The van der Waals surface area contributed by atoms with Crippen LogP contribution in [0.2, 0.25) is 0 Å². The Hall–Kier alpha value is -3.03. The summed E-state index contributed by atoms with van der Waals surface area (Å²) < 4.78 is 20.2. The van der Waals surface area contributed by atoms with Crippen LogP contribution in [-0.4, -0.2) is 55.2 Å². The highest BCUT2D eigenvalue weighted by Gasteiger charge is 2.46. The van der Waals surface area contributed by atoms with E-state index in [9.17, 15) is 4.21 Å². The fraction of sp³-hybridized carbons (Fsp3) is 0.357. The number of nitrogens with zero attached hydrogens (tertiary/aromatic N) is 4. The quantitative estimate of drug-likeness (QED) is 0.359. The Morgan fingerprint density at radius 1 is 0.971 bits per heavy atom. The van der Waals surface area contributed by atoms with Gasteiger partial charge in [0, 0.05) is 52.0 Å². The lowest BCUT2D eigenvalue weighted by Crippen LogP contribution is -2.40. The normalized spacial score (nSPS) is 18.4. The van der Waals surface area contributed by atoms with Crippen molar-refractivity contribution in [1.82, 2.24) is 19.5 Å². The molecule has 0 bridgehead atoms. The van der Waals surface area contributed by atoms with Crippen LogP contribution in [0.3, 0.4) is 0 Å². The van der Waals surface area contributed by atoms with Gasteiger partial charge >= 0.3 is 0 Å². The average molecular weight is 487 g/mol. The maximum atomic E-state index is 11.9. The van der Waals surface area contributed by atoms with Crippen molar-refractivity contribution in [1.29, 1.82) is 0 Å². The third kappa shape index (κ3) is 4.75. The molecule has 180 valence electrons. The fourth-order valence-corrected chi connectivity index (χ4v) is 5.56. The van der Waals surface area contributed by atoms with Gasteiger partial charge in [-0.2, -0.15) is 5.10 Å². The molecule has 4 aromatic rings. The SMILES string of the molecule is CS(=O)c1cccc(-c2cnn3cc(-c4ccc(OC5(CN6CCCCC6)CC5)cc4)cnc23)c1. The standard InChI is InChI=1S/C28H30N4O2S/c1-35(33)25-7-5-6-22(16-25)26-18-30-32-19-23(17-29-27(26)32)21-8-10-24(11-9-21)34-28(12-13-28)20-31-14-3-2-4-15-31/h5-11,16-19H,2-4,12-15,20H2,1H3. The van der Waals surface area contributed by atoms with E-state index in [1.165, 1.54) is 32.4 Å². The maximum absolute atomic E-state index is 11.9. The van der Waals surface area contributed by atoms with E-state index in [0.717, 1.165) is 57.9 Å². The third-order valence-corrected chi connectivity index (χ3v) is 8.04. The molecule has 35 heavy (non-hydrogen) atoms. The van der Waals surface area contributed by atoms with E-state index in [0.29, 0.717) is 0 Å². The van der Waals surface area contributed by atoms with Crippen LogP contribution >= 0.6 is 0 Å². The second-order valence-corrected chi connectivity index (χ2v) is 11.2. The van der Waals surface area contributed by atoms with E-state index in [4.69, 9.17) is 9.72 Å². The van der Waals surface area contributed by atoms with Gasteiger partial charge < -0.3 is 4.74 Å². The molecule has 0 radical (unpaired) electrons. The Morgan fingerprint density at radius 2 is 1.77 bits per heavy atom. The van der Waals surface area contributed by atoms with E-state index in [1.54, 1.807) is 6.26 Å². The highest BCUT2D eigenvalue weighted by atomic mass is 32.2. The molecule has 2 aromatic carbocycles. The van der Waals surface area contributed by atoms with E-state index in [2.05, 4.69) is 34.3 Å². The predicted octanol–water partition coefficient (Wildman–Crippen LogP) is 5.20. The number of aromatic nitrogens is 3. The molecule has 7 heteroatoms. The Labute approximate surface area is 208 Å². The maximum Gasteiger partial charge on any atom is 0.162 e. The third-order valence-electron chi connectivity index (χ3n) is 7.12. The van der Waals surface area contributed by atoms with Crippen LogP contribution in [0.5, 0.6) is 5.75 Å².